The van der Waals surface area contributed by atoms with Crippen LogP contribution in [0, 0.1) is 11.3 Å². The van der Waals surface area contributed by atoms with Gasteiger partial charge in [0, 0.05) is 18.5 Å². The lowest BCUT2D eigenvalue weighted by Crippen LogP contribution is -2.31. The Bertz CT molecular complexity index is 630. The van der Waals surface area contributed by atoms with E-state index in [1.165, 1.54) is 0 Å². The summed E-state index contributed by atoms with van der Waals surface area (Å²) >= 11 is 0. The molecule has 2 amide bonds. The van der Waals surface area contributed by atoms with E-state index in [1.54, 1.807) is 32.4 Å². The van der Waals surface area contributed by atoms with E-state index < -0.39 is 0 Å². The number of piperidine rings is 1. The van der Waals surface area contributed by atoms with Gasteiger partial charge in [-0.1, -0.05) is 0 Å². The maximum absolute atomic E-state index is 12.6. The van der Waals surface area contributed by atoms with Crippen LogP contribution in [0.1, 0.15) is 29.6 Å². The lowest BCUT2D eigenvalue weighted by Gasteiger charge is -2.23. The molecule has 1 saturated heterocycles. The fraction of sp³-hybridized carbons (Fsp3) is 0.529. The second kappa shape index (κ2) is 7.40. The van der Waals surface area contributed by atoms with Crippen LogP contribution in [0.2, 0.25) is 0 Å². The van der Waals surface area contributed by atoms with Crippen molar-refractivity contribution in [2.75, 3.05) is 32.6 Å². The number of ether oxygens (including phenoxy) is 1. The summed E-state index contributed by atoms with van der Waals surface area (Å²) in [5, 5.41) is 8.87. The molecule has 1 aromatic carbocycles. The minimum atomic E-state index is -0.190. The molecule has 1 aromatic rings. The predicted molar refractivity (Wildman–Crippen MR) is 94.9 cm³/mol. The highest BCUT2D eigenvalue weighted by atomic mass is 35.5. The first-order chi connectivity index (χ1) is 11.1. The van der Waals surface area contributed by atoms with Gasteiger partial charge in [-0.2, -0.15) is 0 Å². The van der Waals surface area contributed by atoms with Crippen LogP contribution in [-0.2, 0) is 4.79 Å². The van der Waals surface area contributed by atoms with Crippen LogP contribution in [0.3, 0.4) is 0 Å². The van der Waals surface area contributed by atoms with Crippen molar-refractivity contribution in [1.29, 1.82) is 0 Å². The van der Waals surface area contributed by atoms with Crippen molar-refractivity contribution in [3.05, 3.63) is 23.8 Å². The Hall–Kier alpha value is -1.79. The largest absolute Gasteiger partial charge is 0.495 e. The van der Waals surface area contributed by atoms with Crippen molar-refractivity contribution in [2.24, 2.45) is 11.3 Å². The smallest absolute Gasteiger partial charge is 0.251 e. The third kappa shape index (κ3) is 3.49. The highest BCUT2D eigenvalue weighted by Crippen LogP contribution is 2.58. The Labute approximate surface area is 148 Å². The Morgan fingerprint density at radius 1 is 1.29 bits per heavy atom. The second-order valence-electron chi connectivity index (χ2n) is 6.35. The van der Waals surface area contributed by atoms with E-state index in [1.807, 2.05) is 0 Å². The molecule has 1 spiro atoms. The fourth-order valence-corrected chi connectivity index (χ4v) is 3.51. The van der Waals surface area contributed by atoms with Crippen molar-refractivity contribution < 1.29 is 14.3 Å². The number of rotatable bonds is 4. The quantitative estimate of drug-likeness (QED) is 0.771. The first-order valence-electron chi connectivity index (χ1n) is 8.01. The zero-order chi connectivity index (χ0) is 16.4. The Kier molecular flexibility index (Phi) is 5.72. The maximum Gasteiger partial charge on any atom is 0.251 e. The lowest BCUT2D eigenvalue weighted by molar-refractivity contribution is -0.118. The van der Waals surface area contributed by atoms with Gasteiger partial charge in [-0.3, -0.25) is 9.59 Å². The third-order valence-corrected chi connectivity index (χ3v) is 5.05. The second-order valence-corrected chi connectivity index (χ2v) is 6.35. The topological polar surface area (TPSA) is 79.5 Å². The molecule has 1 heterocycles. The van der Waals surface area contributed by atoms with Gasteiger partial charge in [0.2, 0.25) is 5.91 Å². The molecule has 3 N–H and O–H groups in total. The van der Waals surface area contributed by atoms with Crippen LogP contribution in [0.5, 0.6) is 5.75 Å². The fourth-order valence-electron chi connectivity index (χ4n) is 3.51. The first kappa shape index (κ1) is 18.5. The first-order valence-corrected chi connectivity index (χ1v) is 8.01. The summed E-state index contributed by atoms with van der Waals surface area (Å²) in [6.07, 6.45) is 3.07. The lowest BCUT2D eigenvalue weighted by atomic mass is 9.92. The molecule has 2 fully saturated rings. The molecule has 7 heteroatoms. The molecule has 3 rings (SSSR count). The van der Waals surface area contributed by atoms with Crippen LogP contribution in [0.4, 0.5) is 5.69 Å². The van der Waals surface area contributed by atoms with Gasteiger partial charge >= 0.3 is 0 Å². The molecular weight excluding hydrogens is 330 g/mol. The van der Waals surface area contributed by atoms with Crippen molar-refractivity contribution >= 4 is 29.9 Å². The van der Waals surface area contributed by atoms with Gasteiger partial charge in [0.15, 0.2) is 0 Å². The minimum Gasteiger partial charge on any atom is -0.495 e. The van der Waals surface area contributed by atoms with Crippen LogP contribution in [0.15, 0.2) is 18.2 Å². The van der Waals surface area contributed by atoms with Gasteiger partial charge in [0.1, 0.15) is 5.75 Å². The summed E-state index contributed by atoms with van der Waals surface area (Å²) in [5.74, 6) is 0.465. The van der Waals surface area contributed by atoms with Gasteiger partial charge in [-0.05, 0) is 56.0 Å². The number of benzene rings is 1. The molecule has 24 heavy (non-hydrogen) atoms. The van der Waals surface area contributed by atoms with E-state index in [0.717, 1.165) is 32.4 Å². The number of carbonyl (C=O) groups is 2. The van der Waals surface area contributed by atoms with Crippen molar-refractivity contribution in [2.45, 2.75) is 19.3 Å². The monoisotopic (exact) mass is 353 g/mol. The van der Waals surface area contributed by atoms with Gasteiger partial charge in [-0.15, -0.1) is 12.4 Å². The Balaban J connectivity index is 0.00000208. The zero-order valence-electron chi connectivity index (χ0n) is 14.0. The minimum absolute atomic E-state index is 0. The molecule has 6 nitrogen and oxygen atoms in total. The molecule has 0 bridgehead atoms. The highest BCUT2D eigenvalue weighted by Gasteiger charge is 2.57. The Morgan fingerprint density at radius 2 is 2.00 bits per heavy atom. The number of hydrogen-bond donors (Lipinski definition) is 3. The molecule has 1 atom stereocenters. The number of nitrogens with one attached hydrogen (secondary N) is 3. The number of halogens is 1. The maximum atomic E-state index is 12.6. The molecule has 1 saturated carbocycles. The number of hydrogen-bond acceptors (Lipinski definition) is 4. The van der Waals surface area contributed by atoms with Gasteiger partial charge in [0.25, 0.3) is 5.91 Å². The molecular formula is C17H24ClN3O3. The number of amides is 2. The van der Waals surface area contributed by atoms with Gasteiger partial charge in [-0.25, -0.2) is 0 Å². The normalized spacial score (nSPS) is 20.7. The molecule has 1 aliphatic carbocycles. The number of anilines is 1. The summed E-state index contributed by atoms with van der Waals surface area (Å²) in [6, 6.07) is 5.04. The van der Waals surface area contributed by atoms with Gasteiger partial charge in [0.05, 0.1) is 12.8 Å². The summed E-state index contributed by atoms with van der Waals surface area (Å²) < 4.78 is 5.30. The average Bonchev–Trinajstić information content (AvgIpc) is 3.27. The molecule has 1 aliphatic heterocycles. The summed E-state index contributed by atoms with van der Waals surface area (Å²) in [7, 11) is 3.13. The standard InChI is InChI=1S/C17H23N3O3.ClH/c1-18-15(21)11-3-4-14(23-2)13(9-11)20-16(22)12-10-17(12)5-7-19-8-6-17;/h3-4,9,12,19H,5-8,10H2,1-2H3,(H,18,21)(H,20,22);1H. The Morgan fingerprint density at radius 3 is 2.62 bits per heavy atom. The predicted octanol–water partition coefficient (Wildman–Crippen LogP) is 1.80. The number of methoxy groups -OCH3 is 1. The van der Waals surface area contributed by atoms with Crippen LogP contribution < -0.4 is 20.7 Å². The van der Waals surface area contributed by atoms with Gasteiger partial charge < -0.3 is 20.7 Å². The van der Waals surface area contributed by atoms with Crippen molar-refractivity contribution in [3.63, 3.8) is 0 Å². The van der Waals surface area contributed by atoms with Crippen molar-refractivity contribution in [3.8, 4) is 5.75 Å². The van der Waals surface area contributed by atoms with Crippen LogP contribution >= 0.6 is 12.4 Å². The van der Waals surface area contributed by atoms with Crippen LogP contribution in [-0.4, -0.2) is 39.1 Å². The van der Waals surface area contributed by atoms with E-state index in [0.29, 0.717) is 17.0 Å². The van der Waals surface area contributed by atoms with Crippen LogP contribution in [0.25, 0.3) is 0 Å². The molecule has 2 aliphatic rings. The average molecular weight is 354 g/mol. The van der Waals surface area contributed by atoms with Crippen molar-refractivity contribution in [1.82, 2.24) is 10.6 Å². The highest BCUT2D eigenvalue weighted by molar-refractivity contribution is 5.99. The third-order valence-electron chi connectivity index (χ3n) is 5.05. The SMILES string of the molecule is CNC(=O)c1ccc(OC)c(NC(=O)C2CC23CCNCC3)c1.Cl. The van der Waals surface area contributed by atoms with E-state index in [4.69, 9.17) is 4.74 Å². The van der Waals surface area contributed by atoms with E-state index in [-0.39, 0.29) is 35.6 Å². The zero-order valence-corrected chi connectivity index (χ0v) is 14.8. The molecule has 0 radical (unpaired) electrons. The number of carbonyl (C=O) groups excluding carboxylic acids is 2. The molecule has 0 aromatic heterocycles. The summed E-state index contributed by atoms with van der Waals surface area (Å²) in [4.78, 5) is 24.3. The molecule has 132 valence electrons. The van der Waals surface area contributed by atoms with E-state index >= 15 is 0 Å². The molecule has 1 unspecified atom stereocenters. The summed E-state index contributed by atoms with van der Waals surface area (Å²) in [5.41, 5.74) is 1.23. The summed E-state index contributed by atoms with van der Waals surface area (Å²) in [6.45, 7) is 1.97. The van der Waals surface area contributed by atoms with E-state index in [9.17, 15) is 9.59 Å². The van der Waals surface area contributed by atoms with E-state index in [2.05, 4.69) is 16.0 Å².